The highest BCUT2D eigenvalue weighted by atomic mass is 35.5. The van der Waals surface area contributed by atoms with Crippen LogP contribution in [0.3, 0.4) is 0 Å². The summed E-state index contributed by atoms with van der Waals surface area (Å²) in [5.41, 5.74) is 7.12. The first-order valence-corrected chi connectivity index (χ1v) is 8.26. The zero-order chi connectivity index (χ0) is 15.8. The molecule has 1 aromatic rings. The third kappa shape index (κ3) is 4.60. The molecule has 4 heteroatoms. The summed E-state index contributed by atoms with van der Waals surface area (Å²) in [7, 11) is 1.68. The van der Waals surface area contributed by atoms with Gasteiger partial charge in [0.05, 0.1) is 13.2 Å². The van der Waals surface area contributed by atoms with Gasteiger partial charge in [-0.2, -0.15) is 0 Å². The maximum absolute atomic E-state index is 6.45. The summed E-state index contributed by atoms with van der Waals surface area (Å²) >= 11 is 6.45. The topological polar surface area (TPSA) is 38.5 Å². The molecular formula is C17H29ClN2O. The van der Waals surface area contributed by atoms with Crippen LogP contribution in [0.2, 0.25) is 5.02 Å². The van der Waals surface area contributed by atoms with Crippen LogP contribution in [0.5, 0.6) is 5.75 Å². The Bertz CT molecular complexity index is 425. The van der Waals surface area contributed by atoms with E-state index in [0.29, 0.717) is 12.6 Å². The van der Waals surface area contributed by atoms with E-state index in [9.17, 15) is 0 Å². The van der Waals surface area contributed by atoms with Gasteiger partial charge in [-0.25, -0.2) is 0 Å². The number of benzene rings is 1. The second kappa shape index (κ2) is 9.29. The number of nitrogens with two attached hydrogens (primary N) is 1. The van der Waals surface area contributed by atoms with Crippen LogP contribution >= 0.6 is 11.6 Å². The van der Waals surface area contributed by atoms with E-state index < -0.39 is 0 Å². The van der Waals surface area contributed by atoms with E-state index >= 15 is 0 Å². The number of hydrogen-bond acceptors (Lipinski definition) is 3. The van der Waals surface area contributed by atoms with Crippen molar-refractivity contribution in [3.63, 3.8) is 0 Å². The molecule has 2 unspecified atom stereocenters. The molecule has 2 N–H and O–H groups in total. The van der Waals surface area contributed by atoms with E-state index in [2.05, 4.69) is 25.7 Å². The van der Waals surface area contributed by atoms with Crippen molar-refractivity contribution in [2.75, 3.05) is 20.2 Å². The van der Waals surface area contributed by atoms with E-state index in [1.54, 1.807) is 7.11 Å². The summed E-state index contributed by atoms with van der Waals surface area (Å²) in [5, 5.41) is 0.731. The van der Waals surface area contributed by atoms with E-state index in [4.69, 9.17) is 22.1 Å². The Kier molecular flexibility index (Phi) is 8.09. The van der Waals surface area contributed by atoms with Crippen molar-refractivity contribution in [1.29, 1.82) is 0 Å². The van der Waals surface area contributed by atoms with Gasteiger partial charge in [0, 0.05) is 23.2 Å². The Morgan fingerprint density at radius 2 is 2.05 bits per heavy atom. The molecule has 0 aromatic heterocycles. The van der Waals surface area contributed by atoms with Crippen molar-refractivity contribution in [3.05, 3.63) is 28.8 Å². The van der Waals surface area contributed by atoms with Crippen molar-refractivity contribution in [2.45, 2.75) is 52.1 Å². The van der Waals surface area contributed by atoms with Crippen LogP contribution < -0.4 is 10.5 Å². The maximum Gasteiger partial charge on any atom is 0.125 e. The van der Waals surface area contributed by atoms with Crippen LogP contribution in [-0.2, 0) is 0 Å². The fourth-order valence-electron chi connectivity index (χ4n) is 2.70. The molecule has 1 rings (SSSR count). The lowest BCUT2D eigenvalue weighted by atomic mass is 10.0. The van der Waals surface area contributed by atoms with Crippen LogP contribution in [0, 0.1) is 0 Å². The van der Waals surface area contributed by atoms with Gasteiger partial charge in [0.25, 0.3) is 0 Å². The van der Waals surface area contributed by atoms with Crippen LogP contribution in [0.25, 0.3) is 0 Å². The molecule has 0 fully saturated rings. The van der Waals surface area contributed by atoms with E-state index in [1.165, 1.54) is 6.42 Å². The minimum Gasteiger partial charge on any atom is -0.496 e. The average Bonchev–Trinajstić information content (AvgIpc) is 2.51. The Hall–Kier alpha value is -0.770. The summed E-state index contributed by atoms with van der Waals surface area (Å²) < 4.78 is 5.51. The van der Waals surface area contributed by atoms with Crippen molar-refractivity contribution >= 4 is 11.6 Å². The highest BCUT2D eigenvalue weighted by Crippen LogP contribution is 2.36. The number of rotatable bonds is 9. The summed E-state index contributed by atoms with van der Waals surface area (Å²) in [5.74, 6) is 0.822. The monoisotopic (exact) mass is 312 g/mol. The van der Waals surface area contributed by atoms with Crippen LogP contribution in [0.1, 0.15) is 51.6 Å². The molecule has 0 heterocycles. The first-order chi connectivity index (χ1) is 10.1. The average molecular weight is 313 g/mol. The first kappa shape index (κ1) is 18.3. The van der Waals surface area contributed by atoms with Crippen molar-refractivity contribution in [1.82, 2.24) is 4.90 Å². The molecule has 0 amide bonds. The van der Waals surface area contributed by atoms with Gasteiger partial charge in [-0.1, -0.05) is 37.9 Å². The third-order valence-electron chi connectivity index (χ3n) is 4.12. The SMILES string of the molecule is CCCCN(C(C)CC)C(CN)c1c(Cl)cccc1OC. The van der Waals surface area contributed by atoms with E-state index in [1.807, 2.05) is 18.2 Å². The number of unbranched alkanes of at least 4 members (excludes halogenated alkanes) is 1. The fourth-order valence-corrected chi connectivity index (χ4v) is 2.99. The number of halogens is 1. The molecule has 1 aromatic carbocycles. The van der Waals surface area contributed by atoms with Crippen LogP contribution in [0.4, 0.5) is 0 Å². The molecule has 0 bridgehead atoms. The summed E-state index contributed by atoms with van der Waals surface area (Å²) in [6.45, 7) is 8.24. The van der Waals surface area contributed by atoms with E-state index in [-0.39, 0.29) is 6.04 Å². The largest absolute Gasteiger partial charge is 0.496 e. The number of nitrogens with zero attached hydrogens (tertiary/aromatic N) is 1. The van der Waals surface area contributed by atoms with Gasteiger partial charge in [0.2, 0.25) is 0 Å². The smallest absolute Gasteiger partial charge is 0.125 e. The minimum atomic E-state index is 0.0927. The zero-order valence-corrected chi connectivity index (χ0v) is 14.5. The van der Waals surface area contributed by atoms with Crippen molar-refractivity contribution < 1.29 is 4.74 Å². The molecule has 0 spiro atoms. The lowest BCUT2D eigenvalue weighted by Gasteiger charge is -2.37. The predicted octanol–water partition coefficient (Wildman–Crippen LogP) is 4.25. The molecule has 3 nitrogen and oxygen atoms in total. The quantitative estimate of drug-likeness (QED) is 0.741. The second-order valence-corrected chi connectivity index (χ2v) is 5.86. The number of hydrogen-bond donors (Lipinski definition) is 1. The van der Waals surface area contributed by atoms with E-state index in [0.717, 1.165) is 35.7 Å². The molecule has 0 radical (unpaired) electrons. The minimum absolute atomic E-state index is 0.0927. The molecular weight excluding hydrogens is 284 g/mol. The molecule has 120 valence electrons. The molecule has 21 heavy (non-hydrogen) atoms. The maximum atomic E-state index is 6.45. The standard InChI is InChI=1S/C17H29ClN2O/c1-5-7-11-20(13(3)6-2)15(12-19)17-14(18)9-8-10-16(17)21-4/h8-10,13,15H,5-7,11-12,19H2,1-4H3. The highest BCUT2D eigenvalue weighted by Gasteiger charge is 2.27. The molecule has 0 aliphatic carbocycles. The molecule has 0 aliphatic rings. The van der Waals surface area contributed by atoms with Crippen molar-refractivity contribution in [3.8, 4) is 5.75 Å². The molecule has 2 atom stereocenters. The Balaban J connectivity index is 3.18. The highest BCUT2D eigenvalue weighted by molar-refractivity contribution is 6.31. The summed E-state index contributed by atoms with van der Waals surface area (Å²) in [6.07, 6.45) is 3.42. The van der Waals surface area contributed by atoms with Crippen LogP contribution in [-0.4, -0.2) is 31.1 Å². The molecule has 0 saturated carbocycles. The first-order valence-electron chi connectivity index (χ1n) is 7.88. The second-order valence-electron chi connectivity index (χ2n) is 5.46. The molecule has 0 saturated heterocycles. The van der Waals surface area contributed by atoms with Gasteiger partial charge < -0.3 is 10.5 Å². The van der Waals surface area contributed by atoms with Crippen molar-refractivity contribution in [2.24, 2.45) is 5.73 Å². The Morgan fingerprint density at radius 3 is 2.57 bits per heavy atom. The van der Waals surface area contributed by atoms with Crippen LogP contribution in [0.15, 0.2) is 18.2 Å². The zero-order valence-electron chi connectivity index (χ0n) is 13.7. The van der Waals surface area contributed by atoms with Gasteiger partial charge in [0.15, 0.2) is 0 Å². The predicted molar refractivity (Wildman–Crippen MR) is 91.2 cm³/mol. The van der Waals surface area contributed by atoms with Gasteiger partial charge >= 0.3 is 0 Å². The summed E-state index contributed by atoms with van der Waals surface area (Å²) in [4.78, 5) is 2.47. The third-order valence-corrected chi connectivity index (χ3v) is 4.45. The summed E-state index contributed by atoms with van der Waals surface area (Å²) in [6, 6.07) is 6.34. The fraction of sp³-hybridized carbons (Fsp3) is 0.647. The van der Waals surface area contributed by atoms with Gasteiger partial charge in [-0.15, -0.1) is 0 Å². The molecule has 0 aliphatic heterocycles. The Morgan fingerprint density at radius 1 is 1.33 bits per heavy atom. The van der Waals surface area contributed by atoms with Gasteiger partial charge in [0.1, 0.15) is 5.75 Å². The van der Waals surface area contributed by atoms with Gasteiger partial charge in [-0.05, 0) is 38.4 Å². The Labute approximate surface area is 134 Å². The lowest BCUT2D eigenvalue weighted by molar-refractivity contribution is 0.138. The number of methoxy groups -OCH3 is 1. The number of ether oxygens (including phenoxy) is 1. The van der Waals surface area contributed by atoms with Gasteiger partial charge in [-0.3, -0.25) is 4.90 Å². The lowest BCUT2D eigenvalue weighted by Crippen LogP contribution is -2.40. The normalized spacial score (nSPS) is 14.2.